The second-order valence-corrected chi connectivity index (χ2v) is 5.47. The molecule has 0 amide bonds. The summed E-state index contributed by atoms with van der Waals surface area (Å²) < 4.78 is 9.99. The van der Waals surface area contributed by atoms with Gasteiger partial charge in [-0.25, -0.2) is 0 Å². The number of aryl methyl sites for hydroxylation is 1. The molecule has 0 fully saturated rings. The number of nitrogens with zero attached hydrogens (tertiary/aromatic N) is 1. The van der Waals surface area contributed by atoms with Crippen LogP contribution in [0, 0.1) is 0 Å². The van der Waals surface area contributed by atoms with Crippen LogP contribution in [0.25, 0.3) is 0 Å². The Labute approximate surface area is 148 Å². The lowest BCUT2D eigenvalue weighted by molar-refractivity contribution is -0.141. The first-order valence-electron chi connectivity index (χ1n) is 8.11. The fourth-order valence-corrected chi connectivity index (χ4v) is 2.13. The summed E-state index contributed by atoms with van der Waals surface area (Å²) in [5, 5.41) is 4.01. The summed E-state index contributed by atoms with van der Waals surface area (Å²) >= 11 is 0. The summed E-state index contributed by atoms with van der Waals surface area (Å²) in [6.07, 6.45) is 4.24. The number of hydrogen-bond donors (Lipinski definition) is 0. The minimum atomic E-state index is -0.400. The summed E-state index contributed by atoms with van der Waals surface area (Å²) in [6, 6.07) is 10.2. The van der Waals surface area contributed by atoms with Crippen LogP contribution in [0.1, 0.15) is 32.3 Å². The predicted molar refractivity (Wildman–Crippen MR) is 95.2 cm³/mol. The van der Waals surface area contributed by atoms with E-state index in [1.807, 2.05) is 18.2 Å². The molecule has 0 aliphatic heterocycles. The van der Waals surface area contributed by atoms with E-state index in [4.69, 9.17) is 14.3 Å². The third-order valence-electron chi connectivity index (χ3n) is 3.24. The molecule has 0 radical (unpaired) electrons. The summed E-state index contributed by atoms with van der Waals surface area (Å²) in [5.74, 6) is -0.800. The van der Waals surface area contributed by atoms with Crippen molar-refractivity contribution >= 4 is 17.7 Å². The molecule has 0 saturated heterocycles. The first-order valence-corrected chi connectivity index (χ1v) is 8.11. The van der Waals surface area contributed by atoms with Crippen LogP contribution in [0.15, 0.2) is 47.1 Å². The number of rotatable bonds is 10. The molecule has 0 N–H and O–H groups in total. The van der Waals surface area contributed by atoms with Crippen molar-refractivity contribution in [1.82, 2.24) is 0 Å². The molecule has 0 atom stereocenters. The summed E-state index contributed by atoms with van der Waals surface area (Å²) in [5.41, 5.74) is 2.59. The van der Waals surface area contributed by atoms with Crippen molar-refractivity contribution in [2.75, 3.05) is 20.3 Å². The van der Waals surface area contributed by atoms with Crippen LogP contribution in [0.5, 0.6) is 0 Å². The molecule has 6 nitrogen and oxygen atoms in total. The number of esters is 2. The molecule has 0 aromatic heterocycles. The Hall–Kier alpha value is -2.63. The van der Waals surface area contributed by atoms with Crippen LogP contribution in [-0.2, 0) is 30.3 Å². The normalized spacial score (nSPS) is 10.8. The Morgan fingerprint density at radius 1 is 1.04 bits per heavy atom. The van der Waals surface area contributed by atoms with Gasteiger partial charge in [0, 0.05) is 19.4 Å². The lowest BCUT2D eigenvalue weighted by atomic mass is 10.1. The summed E-state index contributed by atoms with van der Waals surface area (Å²) in [7, 11) is 1.48. The zero-order valence-electron chi connectivity index (χ0n) is 15.0. The van der Waals surface area contributed by atoms with E-state index < -0.39 is 11.9 Å². The maximum absolute atomic E-state index is 11.0. The average Bonchev–Trinajstić information content (AvgIpc) is 2.58. The zero-order valence-corrected chi connectivity index (χ0v) is 15.0. The summed E-state index contributed by atoms with van der Waals surface area (Å²) in [4.78, 5) is 26.9. The van der Waals surface area contributed by atoms with Gasteiger partial charge >= 0.3 is 11.9 Å². The molecule has 136 valence electrons. The second-order valence-electron chi connectivity index (χ2n) is 5.47. The van der Waals surface area contributed by atoms with E-state index in [9.17, 15) is 9.59 Å². The van der Waals surface area contributed by atoms with Gasteiger partial charge in [0.2, 0.25) is 0 Å². The zero-order chi connectivity index (χ0) is 18.5. The van der Waals surface area contributed by atoms with E-state index in [0.717, 1.165) is 12.8 Å². The van der Waals surface area contributed by atoms with E-state index in [2.05, 4.69) is 17.3 Å². The Balaban J connectivity index is 2.69. The number of ether oxygens (including phenoxy) is 2. The highest BCUT2D eigenvalue weighted by Crippen LogP contribution is 2.08. The lowest BCUT2D eigenvalue weighted by Gasteiger charge is -2.09. The molecular weight excluding hydrogens is 322 g/mol. The van der Waals surface area contributed by atoms with Crippen LogP contribution in [-0.4, -0.2) is 38.0 Å². The van der Waals surface area contributed by atoms with Crippen LogP contribution in [0.2, 0.25) is 0 Å². The lowest BCUT2D eigenvalue weighted by Crippen LogP contribution is -2.12. The Kier molecular flexibility index (Phi) is 9.67. The van der Waals surface area contributed by atoms with Crippen LogP contribution in [0.4, 0.5) is 0 Å². The summed E-state index contributed by atoms with van der Waals surface area (Å²) in [6.45, 7) is 2.75. The topological polar surface area (TPSA) is 74.2 Å². The third-order valence-corrected chi connectivity index (χ3v) is 3.24. The Bertz CT molecular complexity index is 588. The number of carbonyl (C=O) groups excluding carboxylic acids is 2. The smallest absolute Gasteiger partial charge is 0.302 e. The molecule has 0 aliphatic rings. The second kappa shape index (κ2) is 11.8. The van der Waals surface area contributed by atoms with Gasteiger partial charge in [-0.2, -0.15) is 0 Å². The molecular formula is C19H25NO5. The van der Waals surface area contributed by atoms with Gasteiger partial charge in [0.05, 0.1) is 5.71 Å². The van der Waals surface area contributed by atoms with E-state index in [0.29, 0.717) is 17.7 Å². The molecule has 1 aromatic rings. The molecule has 25 heavy (non-hydrogen) atoms. The van der Waals surface area contributed by atoms with Crippen molar-refractivity contribution in [1.29, 1.82) is 0 Å². The maximum Gasteiger partial charge on any atom is 0.302 e. The van der Waals surface area contributed by atoms with Gasteiger partial charge in [0.1, 0.15) is 20.3 Å². The average molecular weight is 347 g/mol. The predicted octanol–water partition coefficient (Wildman–Crippen LogP) is 3.06. The first-order chi connectivity index (χ1) is 12.0. The van der Waals surface area contributed by atoms with Crippen molar-refractivity contribution < 1.29 is 23.9 Å². The number of benzene rings is 1. The van der Waals surface area contributed by atoms with Gasteiger partial charge in [-0.3, -0.25) is 9.59 Å². The van der Waals surface area contributed by atoms with Crippen molar-refractivity contribution in [2.45, 2.75) is 33.1 Å². The fraction of sp³-hybridized carbons (Fsp3) is 0.421. The molecule has 0 unspecified atom stereocenters. The molecule has 6 heteroatoms. The molecule has 0 spiro atoms. The molecule has 0 heterocycles. The molecule has 0 bridgehead atoms. The Morgan fingerprint density at radius 2 is 1.64 bits per heavy atom. The molecule has 1 aromatic carbocycles. The van der Waals surface area contributed by atoms with Crippen molar-refractivity contribution in [3.05, 3.63) is 47.5 Å². The highest BCUT2D eigenvalue weighted by atomic mass is 16.6. The number of allylic oxidation sites excluding steroid dienone is 1. The van der Waals surface area contributed by atoms with Crippen molar-refractivity contribution in [3.63, 3.8) is 0 Å². The molecule has 0 aliphatic carbocycles. The van der Waals surface area contributed by atoms with Crippen LogP contribution in [0.3, 0.4) is 0 Å². The number of hydrogen-bond acceptors (Lipinski definition) is 6. The van der Waals surface area contributed by atoms with Crippen LogP contribution < -0.4 is 0 Å². The van der Waals surface area contributed by atoms with Gasteiger partial charge in [0.25, 0.3) is 0 Å². The SMILES string of the molecule is CO/N=C(\C=C(COC(C)=O)COC(C)=O)CCCc1ccccc1. The third kappa shape index (κ3) is 9.96. The quantitative estimate of drug-likeness (QED) is 0.369. The minimum Gasteiger partial charge on any atom is -0.461 e. The van der Waals surface area contributed by atoms with Gasteiger partial charge in [-0.15, -0.1) is 0 Å². The van der Waals surface area contributed by atoms with Gasteiger partial charge in [-0.1, -0.05) is 35.5 Å². The largest absolute Gasteiger partial charge is 0.461 e. The highest BCUT2D eigenvalue weighted by Gasteiger charge is 2.07. The van der Waals surface area contributed by atoms with Gasteiger partial charge in [-0.05, 0) is 30.9 Å². The van der Waals surface area contributed by atoms with E-state index >= 15 is 0 Å². The van der Waals surface area contributed by atoms with Crippen molar-refractivity contribution in [3.8, 4) is 0 Å². The van der Waals surface area contributed by atoms with E-state index in [1.54, 1.807) is 6.08 Å². The molecule has 1 rings (SSSR count). The fourth-order valence-electron chi connectivity index (χ4n) is 2.13. The maximum atomic E-state index is 11.0. The van der Waals surface area contributed by atoms with Gasteiger partial charge < -0.3 is 14.3 Å². The van der Waals surface area contributed by atoms with E-state index in [1.165, 1.54) is 26.5 Å². The van der Waals surface area contributed by atoms with E-state index in [-0.39, 0.29) is 13.2 Å². The first kappa shape index (κ1) is 20.4. The minimum absolute atomic E-state index is 0.0457. The standard InChI is InChI=1S/C19H25NO5/c1-15(21)24-13-18(14-25-16(2)22)12-19(20-23-3)11-7-10-17-8-5-4-6-9-17/h4-6,8-9,12H,7,10-11,13-14H2,1-3H3/b20-19-. The van der Waals surface area contributed by atoms with Crippen molar-refractivity contribution in [2.24, 2.45) is 5.16 Å². The number of oxime groups is 1. The molecule has 0 saturated carbocycles. The number of carbonyl (C=O) groups is 2. The van der Waals surface area contributed by atoms with Gasteiger partial charge in [0.15, 0.2) is 0 Å². The Morgan fingerprint density at radius 3 is 2.16 bits per heavy atom. The van der Waals surface area contributed by atoms with Crippen LogP contribution >= 0.6 is 0 Å². The highest BCUT2D eigenvalue weighted by molar-refractivity contribution is 5.95. The monoisotopic (exact) mass is 347 g/mol.